The summed E-state index contributed by atoms with van der Waals surface area (Å²) in [5, 5.41) is 7.67. The second-order valence-corrected chi connectivity index (χ2v) is 9.78. The number of carbonyl (C=O) groups excluding carboxylic acids is 2. The average molecular weight is 453 g/mol. The first kappa shape index (κ1) is 21.4. The Hall–Kier alpha value is -2.84. The molecule has 4 aromatic rings. The van der Waals surface area contributed by atoms with Crippen molar-refractivity contribution in [3.63, 3.8) is 0 Å². The zero-order chi connectivity index (χ0) is 21.6. The number of amides is 2. The van der Waals surface area contributed by atoms with E-state index in [9.17, 15) is 9.59 Å². The van der Waals surface area contributed by atoms with Crippen LogP contribution in [0.15, 0.2) is 48.5 Å². The Balaban J connectivity index is 1.15. The minimum atomic E-state index is -0.0130. The fraction of sp³-hybridized carbons (Fsp3) is 0.304. The molecule has 2 aromatic carbocycles. The van der Waals surface area contributed by atoms with Crippen molar-refractivity contribution >= 4 is 54.9 Å². The third-order valence-electron chi connectivity index (χ3n) is 4.95. The van der Waals surface area contributed by atoms with Crippen LogP contribution >= 0.6 is 22.7 Å². The van der Waals surface area contributed by atoms with E-state index >= 15 is 0 Å². The molecule has 4 rings (SSSR count). The molecule has 2 aromatic heterocycles. The molecular weight excluding hydrogens is 428 g/mol. The van der Waals surface area contributed by atoms with Crippen molar-refractivity contribution in [3.05, 3.63) is 58.5 Å². The molecule has 160 valence electrons. The SMILES string of the molecule is CC(CCC(=O)NCc1nc2ccccc2s1)CC(=O)NCc1nc2ccccc2s1. The van der Waals surface area contributed by atoms with Crippen LogP contribution < -0.4 is 10.6 Å². The number of carbonyl (C=O) groups is 2. The van der Waals surface area contributed by atoms with Crippen LogP contribution in [-0.4, -0.2) is 21.8 Å². The Kier molecular flexibility index (Phi) is 6.89. The van der Waals surface area contributed by atoms with E-state index < -0.39 is 0 Å². The molecule has 8 heteroatoms. The van der Waals surface area contributed by atoms with Gasteiger partial charge in [0, 0.05) is 12.8 Å². The summed E-state index contributed by atoms with van der Waals surface area (Å²) >= 11 is 3.19. The van der Waals surface area contributed by atoms with Crippen LogP contribution in [0.4, 0.5) is 0 Å². The van der Waals surface area contributed by atoms with Crippen molar-refractivity contribution in [2.45, 2.75) is 39.3 Å². The molecule has 2 amide bonds. The number of nitrogens with zero attached hydrogens (tertiary/aromatic N) is 2. The van der Waals surface area contributed by atoms with Gasteiger partial charge in [0.1, 0.15) is 10.0 Å². The Morgan fingerprint density at radius 2 is 1.35 bits per heavy atom. The highest BCUT2D eigenvalue weighted by Gasteiger charge is 2.13. The molecular formula is C23H24N4O2S2. The minimum absolute atomic E-state index is 0.0124. The first-order valence-corrected chi connectivity index (χ1v) is 11.9. The van der Waals surface area contributed by atoms with Crippen molar-refractivity contribution in [1.29, 1.82) is 0 Å². The summed E-state index contributed by atoms with van der Waals surface area (Å²) in [6.07, 6.45) is 1.47. The smallest absolute Gasteiger partial charge is 0.220 e. The van der Waals surface area contributed by atoms with E-state index in [1.54, 1.807) is 22.7 Å². The van der Waals surface area contributed by atoms with Gasteiger partial charge in [-0.25, -0.2) is 9.97 Å². The molecule has 6 nitrogen and oxygen atoms in total. The number of hydrogen-bond acceptors (Lipinski definition) is 6. The lowest BCUT2D eigenvalue weighted by Gasteiger charge is -2.11. The second-order valence-electron chi connectivity index (χ2n) is 7.55. The highest BCUT2D eigenvalue weighted by Crippen LogP contribution is 2.22. The monoisotopic (exact) mass is 452 g/mol. The molecule has 0 radical (unpaired) electrons. The predicted octanol–water partition coefficient (Wildman–Crippen LogP) is 4.65. The molecule has 31 heavy (non-hydrogen) atoms. The number of thiazole rings is 2. The van der Waals surface area contributed by atoms with E-state index in [1.165, 1.54) is 0 Å². The highest BCUT2D eigenvalue weighted by molar-refractivity contribution is 7.18. The molecule has 0 aliphatic carbocycles. The summed E-state index contributed by atoms with van der Waals surface area (Å²) in [4.78, 5) is 33.5. The molecule has 0 saturated carbocycles. The molecule has 0 spiro atoms. The highest BCUT2D eigenvalue weighted by atomic mass is 32.1. The fourth-order valence-corrected chi connectivity index (χ4v) is 5.11. The summed E-state index contributed by atoms with van der Waals surface area (Å²) < 4.78 is 2.24. The van der Waals surface area contributed by atoms with Gasteiger partial charge in [-0.2, -0.15) is 0 Å². The lowest BCUT2D eigenvalue weighted by atomic mass is 10.0. The number of para-hydroxylation sites is 2. The number of hydrogen-bond donors (Lipinski definition) is 2. The lowest BCUT2D eigenvalue weighted by Crippen LogP contribution is -2.26. The molecule has 0 aliphatic rings. The van der Waals surface area contributed by atoms with E-state index in [4.69, 9.17) is 0 Å². The zero-order valence-corrected chi connectivity index (χ0v) is 18.9. The van der Waals surface area contributed by atoms with Crippen molar-refractivity contribution < 1.29 is 9.59 Å². The number of nitrogens with one attached hydrogen (secondary N) is 2. The van der Waals surface area contributed by atoms with Gasteiger partial charge in [-0.15, -0.1) is 22.7 Å². The van der Waals surface area contributed by atoms with Crippen LogP contribution in [0.1, 0.15) is 36.2 Å². The molecule has 0 saturated heterocycles. The Morgan fingerprint density at radius 1 is 0.839 bits per heavy atom. The van der Waals surface area contributed by atoms with E-state index in [0.717, 1.165) is 30.4 Å². The molecule has 1 atom stereocenters. The maximum Gasteiger partial charge on any atom is 0.220 e. The molecule has 2 N–H and O–H groups in total. The molecule has 0 fully saturated rings. The van der Waals surface area contributed by atoms with Gasteiger partial charge in [0.15, 0.2) is 0 Å². The summed E-state index contributed by atoms with van der Waals surface area (Å²) in [5.41, 5.74) is 1.92. The van der Waals surface area contributed by atoms with E-state index in [1.807, 2.05) is 55.5 Å². The third-order valence-corrected chi connectivity index (χ3v) is 7.02. The van der Waals surface area contributed by atoms with Gasteiger partial charge < -0.3 is 10.6 Å². The maximum atomic E-state index is 12.2. The second kappa shape index (κ2) is 9.98. The lowest BCUT2D eigenvalue weighted by molar-refractivity contribution is -0.124. The largest absolute Gasteiger partial charge is 0.350 e. The summed E-state index contributed by atoms with van der Waals surface area (Å²) in [7, 11) is 0. The molecule has 2 heterocycles. The maximum absolute atomic E-state index is 12.2. The van der Waals surface area contributed by atoms with E-state index in [-0.39, 0.29) is 17.7 Å². The van der Waals surface area contributed by atoms with Crippen molar-refractivity contribution in [1.82, 2.24) is 20.6 Å². The van der Waals surface area contributed by atoms with Gasteiger partial charge in [0.05, 0.1) is 33.5 Å². The average Bonchev–Trinajstić information content (AvgIpc) is 3.38. The number of fused-ring (bicyclic) bond motifs is 2. The first-order chi connectivity index (χ1) is 15.1. The van der Waals surface area contributed by atoms with Crippen LogP contribution in [0, 0.1) is 5.92 Å². The Labute approximate surface area is 188 Å². The van der Waals surface area contributed by atoms with Gasteiger partial charge in [-0.3, -0.25) is 9.59 Å². The van der Waals surface area contributed by atoms with Crippen molar-refractivity contribution in [2.75, 3.05) is 0 Å². The molecule has 1 unspecified atom stereocenters. The van der Waals surface area contributed by atoms with Crippen LogP contribution in [0.25, 0.3) is 20.4 Å². The summed E-state index contributed by atoms with van der Waals surface area (Å²) in [5.74, 6) is 0.103. The Bertz CT molecular complexity index is 1130. The van der Waals surface area contributed by atoms with Gasteiger partial charge >= 0.3 is 0 Å². The number of benzene rings is 2. The standard InChI is InChI=1S/C23H24N4O2S2/c1-15(12-21(29)25-14-23-27-17-7-3-5-9-19(17)31-23)10-11-20(28)24-13-22-26-16-6-2-4-8-18(16)30-22/h2-9,15H,10-14H2,1H3,(H,24,28)(H,25,29). The van der Waals surface area contributed by atoms with Crippen molar-refractivity contribution in [3.8, 4) is 0 Å². The number of aromatic nitrogens is 2. The summed E-state index contributed by atoms with van der Waals surface area (Å²) in [6, 6.07) is 15.9. The van der Waals surface area contributed by atoms with Gasteiger partial charge in [-0.05, 0) is 36.6 Å². The first-order valence-electron chi connectivity index (χ1n) is 10.3. The predicted molar refractivity (Wildman–Crippen MR) is 126 cm³/mol. The molecule has 0 bridgehead atoms. The van der Waals surface area contributed by atoms with Crippen LogP contribution in [-0.2, 0) is 22.7 Å². The Morgan fingerprint density at radius 3 is 1.90 bits per heavy atom. The van der Waals surface area contributed by atoms with Gasteiger partial charge in [0.2, 0.25) is 11.8 Å². The third kappa shape index (κ3) is 5.86. The van der Waals surface area contributed by atoms with Crippen LogP contribution in [0.3, 0.4) is 0 Å². The van der Waals surface area contributed by atoms with Crippen LogP contribution in [0.2, 0.25) is 0 Å². The number of rotatable bonds is 9. The van der Waals surface area contributed by atoms with Crippen LogP contribution in [0.5, 0.6) is 0 Å². The minimum Gasteiger partial charge on any atom is -0.350 e. The van der Waals surface area contributed by atoms with E-state index in [2.05, 4.69) is 20.6 Å². The quantitative estimate of drug-likeness (QED) is 0.387. The normalized spacial score (nSPS) is 12.2. The molecule has 0 aliphatic heterocycles. The van der Waals surface area contributed by atoms with Crippen molar-refractivity contribution in [2.24, 2.45) is 5.92 Å². The van der Waals surface area contributed by atoms with E-state index in [0.29, 0.717) is 32.4 Å². The fourth-order valence-electron chi connectivity index (χ4n) is 3.30. The van der Waals surface area contributed by atoms with Gasteiger partial charge in [0.25, 0.3) is 0 Å². The van der Waals surface area contributed by atoms with Gasteiger partial charge in [-0.1, -0.05) is 31.2 Å². The zero-order valence-electron chi connectivity index (χ0n) is 17.3. The topological polar surface area (TPSA) is 84.0 Å². The summed E-state index contributed by atoms with van der Waals surface area (Å²) in [6.45, 7) is 2.88.